The molecule has 2 heteroatoms. The van der Waals surface area contributed by atoms with E-state index in [0.29, 0.717) is 12.3 Å². The van der Waals surface area contributed by atoms with Crippen LogP contribution in [0.25, 0.3) is 0 Å². The van der Waals surface area contributed by atoms with Crippen LogP contribution in [0.5, 0.6) is 0 Å². The van der Waals surface area contributed by atoms with Crippen molar-refractivity contribution >= 4 is 5.78 Å². The van der Waals surface area contributed by atoms with Gasteiger partial charge in [-0.3, -0.25) is 4.79 Å². The summed E-state index contributed by atoms with van der Waals surface area (Å²) in [5.41, 5.74) is 0. The van der Waals surface area contributed by atoms with Gasteiger partial charge >= 0.3 is 0 Å². The SMILES string of the molecule is O=C1C=C2OC=CCC2C1. The molecule has 0 fully saturated rings. The zero-order chi connectivity index (χ0) is 6.97. The first kappa shape index (κ1) is 5.71. The molecular weight excluding hydrogens is 128 g/mol. The Kier molecular flexibility index (Phi) is 1.13. The van der Waals surface area contributed by atoms with Gasteiger partial charge in [-0.25, -0.2) is 0 Å². The molecule has 1 aliphatic heterocycles. The van der Waals surface area contributed by atoms with Gasteiger partial charge in [-0.15, -0.1) is 0 Å². The molecule has 2 rings (SSSR count). The molecule has 1 atom stereocenters. The van der Waals surface area contributed by atoms with Crippen molar-refractivity contribution in [3.8, 4) is 0 Å². The topological polar surface area (TPSA) is 26.3 Å². The highest BCUT2D eigenvalue weighted by Crippen LogP contribution is 2.30. The van der Waals surface area contributed by atoms with Gasteiger partial charge in [-0.2, -0.15) is 0 Å². The van der Waals surface area contributed by atoms with Crippen LogP contribution < -0.4 is 0 Å². The summed E-state index contributed by atoms with van der Waals surface area (Å²) < 4.78 is 5.13. The quantitative estimate of drug-likeness (QED) is 0.503. The van der Waals surface area contributed by atoms with Crippen molar-refractivity contribution in [1.29, 1.82) is 0 Å². The Morgan fingerprint density at radius 2 is 2.50 bits per heavy atom. The first-order valence-electron chi connectivity index (χ1n) is 3.42. The van der Waals surface area contributed by atoms with Crippen LogP contribution in [-0.2, 0) is 9.53 Å². The smallest absolute Gasteiger partial charge is 0.159 e. The molecule has 2 nitrogen and oxygen atoms in total. The third kappa shape index (κ3) is 0.764. The molecule has 0 radical (unpaired) electrons. The number of allylic oxidation sites excluding steroid dienone is 3. The van der Waals surface area contributed by atoms with Crippen molar-refractivity contribution in [2.75, 3.05) is 0 Å². The molecule has 0 N–H and O–H groups in total. The second-order valence-corrected chi connectivity index (χ2v) is 2.64. The highest BCUT2D eigenvalue weighted by atomic mass is 16.5. The molecule has 0 saturated carbocycles. The van der Waals surface area contributed by atoms with Crippen LogP contribution >= 0.6 is 0 Å². The summed E-state index contributed by atoms with van der Waals surface area (Å²) in [6, 6.07) is 0. The number of rotatable bonds is 0. The van der Waals surface area contributed by atoms with E-state index >= 15 is 0 Å². The molecule has 0 bridgehead atoms. The minimum Gasteiger partial charge on any atom is -0.469 e. The molecule has 0 aromatic rings. The van der Waals surface area contributed by atoms with E-state index in [2.05, 4.69) is 0 Å². The van der Waals surface area contributed by atoms with Crippen molar-refractivity contribution in [2.45, 2.75) is 12.8 Å². The normalized spacial score (nSPS) is 29.4. The van der Waals surface area contributed by atoms with Gasteiger partial charge in [-0.1, -0.05) is 0 Å². The summed E-state index contributed by atoms with van der Waals surface area (Å²) in [6.45, 7) is 0. The van der Waals surface area contributed by atoms with Crippen molar-refractivity contribution < 1.29 is 9.53 Å². The molecule has 52 valence electrons. The summed E-state index contributed by atoms with van der Waals surface area (Å²) in [5.74, 6) is 1.40. The number of ketones is 1. The largest absolute Gasteiger partial charge is 0.469 e. The molecule has 1 heterocycles. The fourth-order valence-electron chi connectivity index (χ4n) is 1.36. The molecule has 1 aliphatic carbocycles. The first-order chi connectivity index (χ1) is 4.86. The second kappa shape index (κ2) is 1.97. The molecule has 0 spiro atoms. The van der Waals surface area contributed by atoms with E-state index in [4.69, 9.17) is 4.74 Å². The van der Waals surface area contributed by atoms with Crippen molar-refractivity contribution in [3.63, 3.8) is 0 Å². The Morgan fingerprint density at radius 3 is 3.30 bits per heavy atom. The highest BCUT2D eigenvalue weighted by molar-refractivity contribution is 5.93. The third-order valence-corrected chi connectivity index (χ3v) is 1.87. The summed E-state index contributed by atoms with van der Waals surface area (Å²) in [6.07, 6.45) is 6.81. The van der Waals surface area contributed by atoms with E-state index in [1.165, 1.54) is 0 Å². The number of carbonyl (C=O) groups excluding carboxylic acids is 1. The van der Waals surface area contributed by atoms with Crippen molar-refractivity contribution in [2.24, 2.45) is 5.92 Å². The number of hydrogen-bond donors (Lipinski definition) is 0. The van der Waals surface area contributed by atoms with Crippen LogP contribution in [-0.4, -0.2) is 5.78 Å². The van der Waals surface area contributed by atoms with Gasteiger partial charge in [0.2, 0.25) is 0 Å². The molecule has 1 unspecified atom stereocenters. The summed E-state index contributed by atoms with van der Waals surface area (Å²) in [7, 11) is 0. The van der Waals surface area contributed by atoms with Gasteiger partial charge in [-0.05, 0) is 12.5 Å². The van der Waals surface area contributed by atoms with Crippen LogP contribution in [0.2, 0.25) is 0 Å². The van der Waals surface area contributed by atoms with Crippen molar-refractivity contribution in [3.05, 3.63) is 24.2 Å². The molecule has 0 saturated heterocycles. The van der Waals surface area contributed by atoms with Crippen LogP contribution in [0.15, 0.2) is 24.2 Å². The Morgan fingerprint density at radius 1 is 1.60 bits per heavy atom. The average molecular weight is 136 g/mol. The summed E-state index contributed by atoms with van der Waals surface area (Å²) >= 11 is 0. The lowest BCUT2D eigenvalue weighted by molar-refractivity contribution is -0.114. The van der Waals surface area contributed by atoms with E-state index in [-0.39, 0.29) is 5.78 Å². The molecule has 10 heavy (non-hydrogen) atoms. The van der Waals surface area contributed by atoms with Crippen LogP contribution in [0.4, 0.5) is 0 Å². The Bertz CT molecular complexity index is 225. The first-order valence-corrected chi connectivity index (χ1v) is 3.42. The van der Waals surface area contributed by atoms with Crippen LogP contribution in [0, 0.1) is 5.92 Å². The lowest BCUT2D eigenvalue weighted by Crippen LogP contribution is -2.03. The Hall–Kier alpha value is -1.05. The second-order valence-electron chi connectivity index (χ2n) is 2.64. The molecule has 0 aromatic heterocycles. The maximum absolute atomic E-state index is 10.8. The summed E-state index contributed by atoms with van der Waals surface area (Å²) in [4.78, 5) is 10.8. The molecule has 2 aliphatic rings. The zero-order valence-corrected chi connectivity index (χ0v) is 5.54. The van der Waals surface area contributed by atoms with Crippen LogP contribution in [0.3, 0.4) is 0 Å². The predicted octanol–water partition coefficient (Wildman–Crippen LogP) is 1.39. The molecular formula is C8H8O2. The Balaban J connectivity index is 2.26. The fraction of sp³-hybridized carbons (Fsp3) is 0.375. The number of carbonyl (C=O) groups is 1. The van der Waals surface area contributed by atoms with Gasteiger partial charge < -0.3 is 4.74 Å². The Labute approximate surface area is 59.2 Å². The minimum atomic E-state index is 0.198. The molecule has 0 amide bonds. The van der Waals surface area contributed by atoms with E-state index in [1.54, 1.807) is 12.3 Å². The minimum absolute atomic E-state index is 0.198. The van der Waals surface area contributed by atoms with Gasteiger partial charge in [0.15, 0.2) is 5.78 Å². The van der Waals surface area contributed by atoms with Crippen LogP contribution in [0.1, 0.15) is 12.8 Å². The monoisotopic (exact) mass is 136 g/mol. The van der Waals surface area contributed by atoms with Gasteiger partial charge in [0.05, 0.1) is 6.26 Å². The van der Waals surface area contributed by atoms with E-state index in [1.807, 2.05) is 6.08 Å². The lowest BCUT2D eigenvalue weighted by atomic mass is 10.0. The van der Waals surface area contributed by atoms with E-state index in [9.17, 15) is 4.79 Å². The van der Waals surface area contributed by atoms with E-state index in [0.717, 1.165) is 12.2 Å². The van der Waals surface area contributed by atoms with Crippen molar-refractivity contribution in [1.82, 2.24) is 0 Å². The number of ether oxygens (including phenoxy) is 1. The highest BCUT2D eigenvalue weighted by Gasteiger charge is 2.26. The van der Waals surface area contributed by atoms with Gasteiger partial charge in [0.25, 0.3) is 0 Å². The maximum atomic E-state index is 10.8. The molecule has 0 aromatic carbocycles. The lowest BCUT2D eigenvalue weighted by Gasteiger charge is -2.14. The zero-order valence-electron chi connectivity index (χ0n) is 5.54. The standard InChI is InChI=1S/C8H8O2/c9-7-4-6-2-1-3-10-8(6)5-7/h1,3,5-6H,2,4H2. The summed E-state index contributed by atoms with van der Waals surface area (Å²) in [5, 5.41) is 0. The number of hydrogen-bond acceptors (Lipinski definition) is 2. The predicted molar refractivity (Wildman–Crippen MR) is 36.0 cm³/mol. The van der Waals surface area contributed by atoms with E-state index < -0.39 is 0 Å². The number of fused-ring (bicyclic) bond motifs is 1. The maximum Gasteiger partial charge on any atom is 0.159 e. The third-order valence-electron chi connectivity index (χ3n) is 1.87. The van der Waals surface area contributed by atoms with Gasteiger partial charge in [0, 0.05) is 18.4 Å². The average Bonchev–Trinajstić information content (AvgIpc) is 2.27. The van der Waals surface area contributed by atoms with Gasteiger partial charge in [0.1, 0.15) is 5.76 Å². The fourth-order valence-corrected chi connectivity index (χ4v) is 1.36.